The maximum atomic E-state index is 11.7. The molecular formula is C16H20N2O2S. The van der Waals surface area contributed by atoms with Crippen molar-refractivity contribution in [2.24, 2.45) is 0 Å². The van der Waals surface area contributed by atoms with Gasteiger partial charge in [0, 0.05) is 29.5 Å². The standard InChI is InChI=1S/C16H20N2O2S/c1-2-20-16(19)18-8-5-13(6-9-18)17-14-3-4-15-12(11-14)7-10-21-15/h3-4,7,10-11,13,17H,2,5-6,8-9H2,1H3. The van der Waals surface area contributed by atoms with E-state index < -0.39 is 0 Å². The van der Waals surface area contributed by atoms with Crippen LogP contribution in [0.4, 0.5) is 10.5 Å². The van der Waals surface area contributed by atoms with E-state index in [2.05, 4.69) is 35.0 Å². The molecule has 0 unspecified atom stereocenters. The first kappa shape index (κ1) is 14.2. The Morgan fingerprint density at radius 1 is 1.38 bits per heavy atom. The maximum absolute atomic E-state index is 11.7. The third kappa shape index (κ3) is 3.29. The van der Waals surface area contributed by atoms with Gasteiger partial charge in [0.15, 0.2) is 0 Å². The highest BCUT2D eigenvalue weighted by atomic mass is 32.1. The minimum absolute atomic E-state index is 0.185. The fourth-order valence-electron chi connectivity index (χ4n) is 2.71. The Morgan fingerprint density at radius 3 is 2.95 bits per heavy atom. The molecule has 21 heavy (non-hydrogen) atoms. The van der Waals surface area contributed by atoms with Crippen molar-refractivity contribution >= 4 is 33.2 Å². The van der Waals surface area contributed by atoms with Gasteiger partial charge in [0.05, 0.1) is 6.61 Å². The molecule has 2 heterocycles. The second-order valence-corrected chi connectivity index (χ2v) is 6.23. The zero-order valence-corrected chi connectivity index (χ0v) is 13.0. The molecule has 3 rings (SSSR count). The quantitative estimate of drug-likeness (QED) is 0.934. The van der Waals surface area contributed by atoms with Crippen LogP contribution in [0.3, 0.4) is 0 Å². The van der Waals surface area contributed by atoms with E-state index in [-0.39, 0.29) is 6.09 Å². The molecular weight excluding hydrogens is 284 g/mol. The van der Waals surface area contributed by atoms with Crippen molar-refractivity contribution in [1.82, 2.24) is 4.90 Å². The van der Waals surface area contributed by atoms with E-state index in [1.54, 1.807) is 16.2 Å². The van der Waals surface area contributed by atoms with Crippen LogP contribution in [0.1, 0.15) is 19.8 Å². The van der Waals surface area contributed by atoms with Crippen molar-refractivity contribution in [1.29, 1.82) is 0 Å². The number of hydrogen-bond acceptors (Lipinski definition) is 4. The zero-order valence-electron chi connectivity index (χ0n) is 12.2. The molecule has 0 aliphatic carbocycles. The number of ether oxygens (including phenoxy) is 1. The molecule has 0 saturated carbocycles. The van der Waals surface area contributed by atoms with E-state index in [4.69, 9.17) is 4.74 Å². The summed E-state index contributed by atoms with van der Waals surface area (Å²) in [4.78, 5) is 13.5. The lowest BCUT2D eigenvalue weighted by Gasteiger charge is -2.32. The monoisotopic (exact) mass is 304 g/mol. The Bertz CT molecular complexity index is 618. The Labute approximate surface area is 128 Å². The molecule has 0 spiro atoms. The summed E-state index contributed by atoms with van der Waals surface area (Å²) in [5.41, 5.74) is 1.16. The second-order valence-electron chi connectivity index (χ2n) is 5.28. The van der Waals surface area contributed by atoms with Gasteiger partial charge >= 0.3 is 6.09 Å². The van der Waals surface area contributed by atoms with Gasteiger partial charge in [-0.15, -0.1) is 11.3 Å². The number of amides is 1. The number of nitrogens with one attached hydrogen (secondary N) is 1. The van der Waals surface area contributed by atoms with Gasteiger partial charge in [-0.25, -0.2) is 4.79 Å². The number of carbonyl (C=O) groups is 1. The number of benzene rings is 1. The third-order valence-corrected chi connectivity index (χ3v) is 4.74. The summed E-state index contributed by atoms with van der Waals surface area (Å²) in [5.74, 6) is 0. The van der Waals surface area contributed by atoms with Crippen LogP contribution in [0.25, 0.3) is 10.1 Å². The smallest absolute Gasteiger partial charge is 0.409 e. The van der Waals surface area contributed by atoms with Crippen molar-refractivity contribution in [3.8, 4) is 0 Å². The van der Waals surface area contributed by atoms with Gasteiger partial charge in [0.1, 0.15) is 0 Å². The Balaban J connectivity index is 1.56. The van der Waals surface area contributed by atoms with E-state index >= 15 is 0 Å². The van der Waals surface area contributed by atoms with Gasteiger partial charge in [-0.05, 0) is 54.8 Å². The van der Waals surface area contributed by atoms with Crippen LogP contribution >= 0.6 is 11.3 Å². The number of hydrogen-bond donors (Lipinski definition) is 1. The molecule has 1 N–H and O–H groups in total. The number of anilines is 1. The number of fused-ring (bicyclic) bond motifs is 1. The van der Waals surface area contributed by atoms with E-state index in [1.165, 1.54) is 10.1 Å². The fourth-order valence-corrected chi connectivity index (χ4v) is 3.48. The highest BCUT2D eigenvalue weighted by Crippen LogP contribution is 2.25. The number of thiophene rings is 1. The highest BCUT2D eigenvalue weighted by molar-refractivity contribution is 7.17. The molecule has 112 valence electrons. The predicted molar refractivity (Wildman–Crippen MR) is 87.1 cm³/mol. The van der Waals surface area contributed by atoms with Crippen LogP contribution < -0.4 is 5.32 Å². The van der Waals surface area contributed by atoms with E-state index in [0.29, 0.717) is 12.6 Å². The molecule has 0 bridgehead atoms. The topological polar surface area (TPSA) is 41.6 Å². The predicted octanol–water partition coefficient (Wildman–Crippen LogP) is 3.93. The first-order valence-electron chi connectivity index (χ1n) is 7.42. The Kier molecular flexibility index (Phi) is 4.29. The van der Waals surface area contributed by atoms with Gasteiger partial charge in [0.2, 0.25) is 0 Å². The van der Waals surface area contributed by atoms with Crippen LogP contribution in [0, 0.1) is 0 Å². The van der Waals surface area contributed by atoms with Crippen molar-refractivity contribution in [3.63, 3.8) is 0 Å². The minimum atomic E-state index is -0.185. The summed E-state index contributed by atoms with van der Waals surface area (Å²) >= 11 is 1.76. The Morgan fingerprint density at radius 2 is 2.19 bits per heavy atom. The number of nitrogens with zero attached hydrogens (tertiary/aromatic N) is 1. The lowest BCUT2D eigenvalue weighted by Crippen LogP contribution is -2.42. The van der Waals surface area contributed by atoms with Crippen molar-refractivity contribution < 1.29 is 9.53 Å². The molecule has 0 radical (unpaired) electrons. The van der Waals surface area contributed by atoms with Crippen LogP contribution in [-0.4, -0.2) is 36.7 Å². The molecule has 1 amide bonds. The van der Waals surface area contributed by atoms with Crippen LogP contribution in [0.2, 0.25) is 0 Å². The number of piperidine rings is 1. The molecule has 1 saturated heterocycles. The summed E-state index contributed by atoms with van der Waals surface area (Å²) in [7, 11) is 0. The summed E-state index contributed by atoms with van der Waals surface area (Å²) in [5, 5.41) is 6.98. The molecule has 4 nitrogen and oxygen atoms in total. The summed E-state index contributed by atoms with van der Waals surface area (Å²) in [6, 6.07) is 9.07. The first-order chi connectivity index (χ1) is 10.3. The van der Waals surface area contributed by atoms with Crippen LogP contribution in [0.5, 0.6) is 0 Å². The SMILES string of the molecule is CCOC(=O)N1CCC(Nc2ccc3sccc3c2)CC1. The molecule has 1 fully saturated rings. The molecule has 1 aromatic heterocycles. The third-order valence-electron chi connectivity index (χ3n) is 3.84. The molecule has 5 heteroatoms. The van der Waals surface area contributed by atoms with Crippen molar-refractivity contribution in [2.45, 2.75) is 25.8 Å². The van der Waals surface area contributed by atoms with Crippen molar-refractivity contribution in [3.05, 3.63) is 29.6 Å². The zero-order chi connectivity index (χ0) is 14.7. The number of rotatable bonds is 3. The van der Waals surface area contributed by atoms with Gasteiger partial charge in [-0.1, -0.05) is 0 Å². The van der Waals surface area contributed by atoms with Crippen LogP contribution in [0.15, 0.2) is 29.6 Å². The van der Waals surface area contributed by atoms with Gasteiger partial charge in [0.25, 0.3) is 0 Å². The second kappa shape index (κ2) is 6.35. The van der Waals surface area contributed by atoms with Gasteiger partial charge in [-0.2, -0.15) is 0 Å². The molecule has 2 aromatic rings. The number of likely N-dealkylation sites (tertiary alicyclic amines) is 1. The average Bonchev–Trinajstić information content (AvgIpc) is 2.96. The Hall–Kier alpha value is -1.75. The summed E-state index contributed by atoms with van der Waals surface area (Å²) in [6.45, 7) is 3.80. The lowest BCUT2D eigenvalue weighted by molar-refractivity contribution is 0.0983. The summed E-state index contributed by atoms with van der Waals surface area (Å²) in [6.07, 6.45) is 1.73. The van der Waals surface area contributed by atoms with Crippen LogP contribution in [-0.2, 0) is 4.74 Å². The first-order valence-corrected chi connectivity index (χ1v) is 8.29. The average molecular weight is 304 g/mol. The fraction of sp³-hybridized carbons (Fsp3) is 0.438. The van der Waals surface area contributed by atoms with Gasteiger partial charge in [-0.3, -0.25) is 0 Å². The molecule has 0 atom stereocenters. The lowest BCUT2D eigenvalue weighted by atomic mass is 10.0. The molecule has 1 aliphatic heterocycles. The van der Waals surface area contributed by atoms with E-state index in [9.17, 15) is 4.79 Å². The largest absolute Gasteiger partial charge is 0.450 e. The number of carbonyl (C=O) groups excluding carboxylic acids is 1. The summed E-state index contributed by atoms with van der Waals surface area (Å²) < 4.78 is 6.36. The molecule has 1 aliphatic rings. The maximum Gasteiger partial charge on any atom is 0.409 e. The van der Waals surface area contributed by atoms with Crippen molar-refractivity contribution in [2.75, 3.05) is 25.0 Å². The van der Waals surface area contributed by atoms with E-state index in [0.717, 1.165) is 31.6 Å². The molecule has 1 aromatic carbocycles. The minimum Gasteiger partial charge on any atom is -0.450 e. The van der Waals surface area contributed by atoms with Gasteiger partial charge < -0.3 is 15.0 Å². The highest BCUT2D eigenvalue weighted by Gasteiger charge is 2.23. The van der Waals surface area contributed by atoms with E-state index in [1.807, 2.05) is 6.92 Å². The normalized spacial score (nSPS) is 16.1.